The Bertz CT molecular complexity index is 636. The third kappa shape index (κ3) is 2.74. The molecule has 2 aliphatic rings. The molecule has 1 heterocycles. The molecule has 0 unspecified atom stereocenters. The fourth-order valence-corrected chi connectivity index (χ4v) is 4.64. The van der Waals surface area contributed by atoms with Crippen LogP contribution in [0.25, 0.3) is 0 Å². The van der Waals surface area contributed by atoms with E-state index in [1.807, 2.05) is 0 Å². The van der Waals surface area contributed by atoms with Crippen LogP contribution in [0.2, 0.25) is 0 Å². The second-order valence-corrected chi connectivity index (χ2v) is 7.94. The molecule has 0 N–H and O–H groups in total. The molecule has 2 aromatic rings. The van der Waals surface area contributed by atoms with Gasteiger partial charge < -0.3 is 0 Å². The lowest BCUT2D eigenvalue weighted by Gasteiger charge is -2.28. The molecule has 0 radical (unpaired) electrons. The first-order valence-electron chi connectivity index (χ1n) is 7.55. The van der Waals surface area contributed by atoms with Gasteiger partial charge in [-0.1, -0.05) is 47.4 Å². The molecule has 4 rings (SSSR count). The number of rotatable bonds is 5. The molecule has 0 saturated heterocycles. The van der Waals surface area contributed by atoms with Gasteiger partial charge in [0, 0.05) is 12.1 Å². The number of benzene rings is 1. The molecule has 1 fully saturated rings. The van der Waals surface area contributed by atoms with E-state index in [2.05, 4.69) is 45.6 Å². The van der Waals surface area contributed by atoms with Crippen LogP contribution in [0.5, 0.6) is 0 Å². The molecular weight excluding hydrogens is 298 g/mol. The van der Waals surface area contributed by atoms with Crippen molar-refractivity contribution in [2.75, 3.05) is 6.26 Å². The van der Waals surface area contributed by atoms with Crippen molar-refractivity contribution in [1.82, 2.24) is 15.1 Å². The van der Waals surface area contributed by atoms with E-state index in [-0.39, 0.29) is 0 Å². The minimum atomic E-state index is 0.579. The van der Waals surface area contributed by atoms with E-state index in [9.17, 15) is 0 Å². The van der Waals surface area contributed by atoms with Crippen LogP contribution in [0.4, 0.5) is 0 Å². The first-order chi connectivity index (χ1) is 10.3. The summed E-state index contributed by atoms with van der Waals surface area (Å²) in [6, 6.07) is 10.3. The van der Waals surface area contributed by atoms with Gasteiger partial charge in [0.1, 0.15) is 5.01 Å². The van der Waals surface area contributed by atoms with Crippen molar-refractivity contribution >= 4 is 23.1 Å². The summed E-state index contributed by atoms with van der Waals surface area (Å²) >= 11 is 3.43. The number of hydrogen-bond acceptors (Lipinski definition) is 5. The lowest BCUT2D eigenvalue weighted by Crippen LogP contribution is -2.29. The summed E-state index contributed by atoms with van der Waals surface area (Å²) in [7, 11) is 0. The maximum atomic E-state index is 4.37. The fourth-order valence-electron chi connectivity index (χ4n) is 3.32. The van der Waals surface area contributed by atoms with Gasteiger partial charge in [-0.2, -0.15) is 0 Å². The van der Waals surface area contributed by atoms with Crippen molar-refractivity contribution in [1.29, 1.82) is 0 Å². The minimum absolute atomic E-state index is 0.579. The summed E-state index contributed by atoms with van der Waals surface area (Å²) in [5.74, 6) is 0. The normalized spacial score (nSPS) is 21.0. The van der Waals surface area contributed by atoms with E-state index in [0.29, 0.717) is 6.04 Å². The zero-order valence-corrected chi connectivity index (χ0v) is 13.8. The molecule has 2 aliphatic carbocycles. The minimum Gasteiger partial charge on any atom is -0.287 e. The highest BCUT2D eigenvalue weighted by atomic mass is 32.2. The molecule has 110 valence electrons. The van der Waals surface area contributed by atoms with E-state index in [1.165, 1.54) is 31.2 Å². The van der Waals surface area contributed by atoms with Gasteiger partial charge in [-0.15, -0.1) is 10.2 Å². The van der Waals surface area contributed by atoms with Gasteiger partial charge in [-0.3, -0.25) is 4.90 Å². The molecule has 0 spiro atoms. The van der Waals surface area contributed by atoms with Gasteiger partial charge >= 0.3 is 0 Å². The van der Waals surface area contributed by atoms with E-state index in [1.54, 1.807) is 28.7 Å². The predicted molar refractivity (Wildman–Crippen MR) is 87.8 cm³/mol. The van der Waals surface area contributed by atoms with Crippen LogP contribution in [0.15, 0.2) is 28.6 Å². The largest absolute Gasteiger partial charge is 0.287 e. The molecule has 5 heteroatoms. The number of hydrogen-bond donors (Lipinski definition) is 0. The standard InChI is InChI=1S/C16H19N3S2/c1-20-16-18-17-15(21-16)10-19(12-7-8-12)14-9-6-11-4-2-3-5-13(11)14/h2-5,12,14H,6-10H2,1H3/t14-/m0/s1. The average Bonchev–Trinajstić information content (AvgIpc) is 3.11. The van der Waals surface area contributed by atoms with Crippen molar-refractivity contribution in [2.45, 2.75) is 48.7 Å². The highest BCUT2D eigenvalue weighted by Gasteiger charge is 2.37. The van der Waals surface area contributed by atoms with Gasteiger partial charge in [0.15, 0.2) is 4.34 Å². The van der Waals surface area contributed by atoms with E-state index >= 15 is 0 Å². The van der Waals surface area contributed by atoms with Crippen molar-refractivity contribution < 1.29 is 0 Å². The van der Waals surface area contributed by atoms with Crippen LogP contribution in [-0.2, 0) is 13.0 Å². The molecule has 1 atom stereocenters. The van der Waals surface area contributed by atoms with Crippen LogP contribution in [0, 0.1) is 0 Å². The molecule has 0 aliphatic heterocycles. The van der Waals surface area contributed by atoms with Gasteiger partial charge in [-0.25, -0.2) is 0 Å². The van der Waals surface area contributed by atoms with Crippen LogP contribution in [0.3, 0.4) is 0 Å². The number of thioether (sulfide) groups is 1. The second-order valence-electron chi connectivity index (χ2n) is 5.82. The SMILES string of the molecule is CSc1nnc(CN(C2CC2)[C@H]2CCc3ccccc32)s1. The van der Waals surface area contributed by atoms with E-state index < -0.39 is 0 Å². The topological polar surface area (TPSA) is 29.0 Å². The Morgan fingerprint density at radius 2 is 2.10 bits per heavy atom. The number of nitrogens with zero attached hydrogens (tertiary/aromatic N) is 3. The maximum absolute atomic E-state index is 4.37. The first kappa shape index (κ1) is 13.7. The summed E-state index contributed by atoms with van der Waals surface area (Å²) < 4.78 is 1.08. The van der Waals surface area contributed by atoms with E-state index in [0.717, 1.165) is 21.9 Å². The lowest BCUT2D eigenvalue weighted by molar-refractivity contribution is 0.176. The quantitative estimate of drug-likeness (QED) is 0.782. The smallest absolute Gasteiger partial charge is 0.174 e. The molecule has 0 amide bonds. The lowest BCUT2D eigenvalue weighted by atomic mass is 10.1. The van der Waals surface area contributed by atoms with Crippen LogP contribution >= 0.6 is 23.1 Å². The molecule has 21 heavy (non-hydrogen) atoms. The van der Waals surface area contributed by atoms with Crippen molar-refractivity contribution in [3.8, 4) is 0 Å². The van der Waals surface area contributed by atoms with Gasteiger partial charge in [0.25, 0.3) is 0 Å². The highest BCUT2D eigenvalue weighted by molar-refractivity contribution is 8.00. The zero-order valence-electron chi connectivity index (χ0n) is 12.2. The van der Waals surface area contributed by atoms with Crippen LogP contribution < -0.4 is 0 Å². The van der Waals surface area contributed by atoms with Crippen LogP contribution in [-0.4, -0.2) is 27.4 Å². The third-order valence-electron chi connectivity index (χ3n) is 4.46. The Morgan fingerprint density at radius 3 is 2.86 bits per heavy atom. The van der Waals surface area contributed by atoms with E-state index in [4.69, 9.17) is 0 Å². The number of aromatic nitrogens is 2. The Balaban J connectivity index is 1.58. The highest BCUT2D eigenvalue weighted by Crippen LogP contribution is 2.42. The Kier molecular flexibility index (Phi) is 3.73. The zero-order chi connectivity index (χ0) is 14.2. The van der Waals surface area contributed by atoms with Gasteiger partial charge in [-0.05, 0) is 43.1 Å². The number of aryl methyl sites for hydroxylation is 1. The van der Waals surface area contributed by atoms with Crippen molar-refractivity contribution in [3.05, 3.63) is 40.4 Å². The Labute approximate surface area is 133 Å². The monoisotopic (exact) mass is 317 g/mol. The summed E-state index contributed by atoms with van der Waals surface area (Å²) in [5, 5.41) is 9.78. The van der Waals surface area contributed by atoms with Crippen molar-refractivity contribution in [3.63, 3.8) is 0 Å². The summed E-state index contributed by atoms with van der Waals surface area (Å²) in [5.41, 5.74) is 3.08. The van der Waals surface area contributed by atoms with Crippen LogP contribution in [0.1, 0.15) is 41.4 Å². The number of fused-ring (bicyclic) bond motifs is 1. The first-order valence-corrected chi connectivity index (χ1v) is 9.59. The summed E-state index contributed by atoms with van der Waals surface area (Å²) in [6.45, 7) is 0.960. The Hall–Kier alpha value is -0.910. The van der Waals surface area contributed by atoms with Gasteiger partial charge in [0.05, 0.1) is 6.54 Å². The molecule has 0 bridgehead atoms. The molecule has 1 aromatic heterocycles. The second kappa shape index (κ2) is 5.71. The molecule has 1 aromatic carbocycles. The third-order valence-corrected chi connectivity index (χ3v) is 6.34. The van der Waals surface area contributed by atoms with Gasteiger partial charge in [0.2, 0.25) is 0 Å². The fraction of sp³-hybridized carbons (Fsp3) is 0.500. The molecular formula is C16H19N3S2. The van der Waals surface area contributed by atoms with Crippen molar-refractivity contribution in [2.24, 2.45) is 0 Å². The summed E-state index contributed by atoms with van der Waals surface area (Å²) in [4.78, 5) is 2.68. The predicted octanol–water partition coefficient (Wildman–Crippen LogP) is 3.91. The Morgan fingerprint density at radius 1 is 1.24 bits per heavy atom. The average molecular weight is 317 g/mol. The summed E-state index contributed by atoms with van der Waals surface area (Å²) in [6.07, 6.45) is 7.22. The molecule has 1 saturated carbocycles. The maximum Gasteiger partial charge on any atom is 0.174 e. The molecule has 3 nitrogen and oxygen atoms in total.